The lowest BCUT2D eigenvalue weighted by molar-refractivity contribution is -0.131. The van der Waals surface area contributed by atoms with Crippen LogP contribution in [0.4, 0.5) is 23.8 Å². The van der Waals surface area contributed by atoms with Gasteiger partial charge in [0.15, 0.2) is 0 Å². The van der Waals surface area contributed by atoms with Crippen LogP contribution in [-0.2, 0) is 18.2 Å². The van der Waals surface area contributed by atoms with E-state index in [9.17, 15) is 18.0 Å². The van der Waals surface area contributed by atoms with Crippen molar-refractivity contribution >= 4 is 11.8 Å². The molecule has 1 aromatic carbocycles. The van der Waals surface area contributed by atoms with Crippen LogP contribution in [0.1, 0.15) is 48.0 Å². The number of fused-ring (bicyclic) bond motifs is 3. The molecule has 2 aliphatic heterocycles. The molecule has 0 saturated carbocycles. The number of rotatable bonds is 8. The zero-order chi connectivity index (χ0) is 29.4. The first-order valence-electron chi connectivity index (χ1n) is 14.2. The molecule has 2 unspecified atom stereocenters. The fraction of sp³-hybridized carbons (Fsp3) is 0.433. The number of hydrogen-bond donors (Lipinski definition) is 2. The summed E-state index contributed by atoms with van der Waals surface area (Å²) in [6.45, 7) is -0.348. The predicted molar refractivity (Wildman–Crippen MR) is 152 cm³/mol. The molecule has 2 aromatic heterocycles. The van der Waals surface area contributed by atoms with Gasteiger partial charge in [-0.05, 0) is 55.9 Å². The minimum atomic E-state index is -2.83. The number of benzene rings is 1. The number of halogens is 3. The standard InChI is InChI=1S/C30H34F3N7O2/c1-18-26(20-16-34-38(2)17-20)37-40(22-6-4-3-5-7-22)28(18)36-30(41)35-25-15-23(11-13-42-29(32)33)39-12-10-19-14-21(31)8-9-24(19)27(25)39/h3-6,8-9,14,16-17,22-23,25,27,29H,7,10-13,15H2,1-2H3,(H2,35,36,41)/t22?,23-,25?,27+/m1/s1. The van der Waals surface area contributed by atoms with Crippen LogP contribution in [0, 0.1) is 12.7 Å². The van der Waals surface area contributed by atoms with E-state index in [0.717, 1.165) is 34.4 Å². The molecule has 2 N–H and O–H groups in total. The highest BCUT2D eigenvalue weighted by atomic mass is 19.3. The molecule has 6 rings (SSSR count). The Morgan fingerprint density at radius 3 is 2.86 bits per heavy atom. The van der Waals surface area contributed by atoms with Crippen LogP contribution < -0.4 is 10.6 Å². The number of allylic oxidation sites excluding steroid dienone is 4. The minimum Gasteiger partial charge on any atom is -0.333 e. The summed E-state index contributed by atoms with van der Waals surface area (Å²) in [7, 11) is 1.84. The molecule has 1 saturated heterocycles. The number of aromatic nitrogens is 4. The summed E-state index contributed by atoms with van der Waals surface area (Å²) >= 11 is 0. The molecule has 3 aromatic rings. The van der Waals surface area contributed by atoms with Crippen molar-refractivity contribution in [2.75, 3.05) is 18.5 Å². The van der Waals surface area contributed by atoms with E-state index in [1.165, 1.54) is 6.07 Å². The lowest BCUT2D eigenvalue weighted by Gasteiger charge is -2.37. The van der Waals surface area contributed by atoms with Crippen LogP contribution in [0.3, 0.4) is 0 Å². The average Bonchev–Trinajstić information content (AvgIpc) is 3.64. The van der Waals surface area contributed by atoms with E-state index in [0.29, 0.717) is 31.6 Å². The van der Waals surface area contributed by atoms with Gasteiger partial charge < -0.3 is 10.1 Å². The van der Waals surface area contributed by atoms with Gasteiger partial charge in [0, 0.05) is 37.0 Å². The molecule has 1 aliphatic carbocycles. The Morgan fingerprint density at radius 1 is 1.26 bits per heavy atom. The van der Waals surface area contributed by atoms with Gasteiger partial charge in [-0.2, -0.15) is 19.0 Å². The Labute approximate surface area is 242 Å². The Kier molecular flexibility index (Phi) is 7.91. The van der Waals surface area contributed by atoms with Crippen molar-refractivity contribution in [2.45, 2.75) is 63.4 Å². The topological polar surface area (TPSA) is 89.2 Å². The van der Waals surface area contributed by atoms with Crippen molar-refractivity contribution in [1.82, 2.24) is 29.8 Å². The normalized spacial score (nSPS) is 23.3. The number of alkyl halides is 2. The molecule has 12 heteroatoms. The lowest BCUT2D eigenvalue weighted by Crippen LogP contribution is -2.44. The molecular weight excluding hydrogens is 547 g/mol. The van der Waals surface area contributed by atoms with Crippen LogP contribution >= 0.6 is 0 Å². The SMILES string of the molecule is Cc1c(-c2cnn(C)c2)nn(C2C=CC=CC2)c1NC(=O)NC1C[C@@H](CCOC(F)F)N2CCc3cc(F)ccc3[C@@H]12. The summed E-state index contributed by atoms with van der Waals surface area (Å²) in [6.07, 6.45) is 14.0. The third kappa shape index (κ3) is 5.60. The van der Waals surface area contributed by atoms with Crippen LogP contribution in [0.5, 0.6) is 0 Å². The molecule has 222 valence electrons. The van der Waals surface area contributed by atoms with Crippen molar-refractivity contribution < 1.29 is 22.7 Å². The molecule has 2 amide bonds. The van der Waals surface area contributed by atoms with E-state index in [1.54, 1.807) is 23.0 Å². The zero-order valence-corrected chi connectivity index (χ0v) is 23.5. The molecular formula is C30H34F3N7O2. The largest absolute Gasteiger partial charge is 0.345 e. The molecule has 0 bridgehead atoms. The monoisotopic (exact) mass is 581 g/mol. The van der Waals surface area contributed by atoms with Crippen LogP contribution in [-0.4, -0.2) is 62.3 Å². The first-order chi connectivity index (χ1) is 20.3. The number of urea groups is 1. The molecule has 3 aliphatic rings. The zero-order valence-electron chi connectivity index (χ0n) is 23.5. The van der Waals surface area contributed by atoms with E-state index in [-0.39, 0.29) is 36.6 Å². The van der Waals surface area contributed by atoms with Gasteiger partial charge in [0.2, 0.25) is 0 Å². The van der Waals surface area contributed by atoms with Gasteiger partial charge in [-0.15, -0.1) is 0 Å². The molecule has 0 radical (unpaired) electrons. The number of nitrogens with zero attached hydrogens (tertiary/aromatic N) is 5. The van der Waals surface area contributed by atoms with Gasteiger partial charge in [0.25, 0.3) is 0 Å². The highest BCUT2D eigenvalue weighted by molar-refractivity contribution is 5.90. The number of ether oxygens (including phenoxy) is 1. The van der Waals surface area contributed by atoms with Crippen molar-refractivity contribution in [2.24, 2.45) is 7.05 Å². The smallest absolute Gasteiger partial charge is 0.333 e. The number of hydrogen-bond acceptors (Lipinski definition) is 5. The van der Waals surface area contributed by atoms with Crippen LogP contribution in [0.25, 0.3) is 11.3 Å². The second kappa shape index (κ2) is 11.8. The van der Waals surface area contributed by atoms with Crippen molar-refractivity contribution in [1.29, 1.82) is 0 Å². The summed E-state index contributed by atoms with van der Waals surface area (Å²) in [5.41, 5.74) is 4.24. The Hall–Kier alpha value is -3.90. The Balaban J connectivity index is 1.26. The highest BCUT2D eigenvalue weighted by Crippen LogP contribution is 2.42. The number of carbonyl (C=O) groups is 1. The van der Waals surface area contributed by atoms with Gasteiger partial charge in [-0.3, -0.25) is 14.9 Å². The quantitative estimate of drug-likeness (QED) is 0.378. The predicted octanol–water partition coefficient (Wildman–Crippen LogP) is 5.28. The van der Waals surface area contributed by atoms with Crippen molar-refractivity contribution in [3.63, 3.8) is 0 Å². The number of anilines is 1. The first kappa shape index (κ1) is 28.2. The second-order valence-electron chi connectivity index (χ2n) is 11.1. The molecule has 4 heterocycles. The minimum absolute atomic E-state index is 0.0686. The summed E-state index contributed by atoms with van der Waals surface area (Å²) in [4.78, 5) is 15.9. The van der Waals surface area contributed by atoms with Gasteiger partial charge in [0.1, 0.15) is 17.3 Å². The van der Waals surface area contributed by atoms with Crippen molar-refractivity contribution in [3.8, 4) is 11.3 Å². The van der Waals surface area contributed by atoms with Gasteiger partial charge >= 0.3 is 12.6 Å². The average molecular weight is 582 g/mol. The van der Waals surface area contributed by atoms with Crippen LogP contribution in [0.2, 0.25) is 0 Å². The summed E-state index contributed by atoms with van der Waals surface area (Å²) in [5.74, 6) is 0.281. The molecule has 1 fully saturated rings. The van der Waals surface area contributed by atoms with E-state index < -0.39 is 12.6 Å². The van der Waals surface area contributed by atoms with E-state index in [2.05, 4.69) is 31.4 Å². The number of nitrogens with one attached hydrogen (secondary N) is 2. The first-order valence-corrected chi connectivity index (χ1v) is 14.2. The third-order valence-electron chi connectivity index (χ3n) is 8.44. The fourth-order valence-electron chi connectivity index (χ4n) is 6.56. The summed E-state index contributed by atoms with van der Waals surface area (Å²) in [5, 5.41) is 15.4. The van der Waals surface area contributed by atoms with Crippen molar-refractivity contribution in [3.05, 3.63) is 77.4 Å². The molecule has 9 nitrogen and oxygen atoms in total. The van der Waals surface area contributed by atoms with E-state index in [4.69, 9.17) is 5.10 Å². The molecule has 0 spiro atoms. The molecule has 42 heavy (non-hydrogen) atoms. The maximum absolute atomic E-state index is 14.1. The second-order valence-corrected chi connectivity index (χ2v) is 11.1. The van der Waals surface area contributed by atoms with Gasteiger partial charge in [0.05, 0.1) is 30.9 Å². The van der Waals surface area contributed by atoms with Crippen LogP contribution in [0.15, 0.2) is 54.9 Å². The molecule has 4 atom stereocenters. The Morgan fingerprint density at radius 2 is 2.12 bits per heavy atom. The highest BCUT2D eigenvalue weighted by Gasteiger charge is 2.45. The Bertz CT molecular complexity index is 1510. The third-order valence-corrected chi connectivity index (χ3v) is 8.44. The lowest BCUT2D eigenvalue weighted by atomic mass is 9.90. The van der Waals surface area contributed by atoms with E-state index >= 15 is 0 Å². The summed E-state index contributed by atoms with van der Waals surface area (Å²) < 4.78 is 47.5. The van der Waals surface area contributed by atoms with E-state index in [1.807, 2.05) is 43.1 Å². The maximum atomic E-state index is 14.1. The summed E-state index contributed by atoms with van der Waals surface area (Å²) in [6, 6.07) is 3.69. The maximum Gasteiger partial charge on any atom is 0.345 e. The number of carbonyl (C=O) groups excluding carboxylic acids is 1. The van der Waals surface area contributed by atoms with Gasteiger partial charge in [-0.25, -0.2) is 13.9 Å². The fourth-order valence-corrected chi connectivity index (χ4v) is 6.56. The van der Waals surface area contributed by atoms with Gasteiger partial charge in [-0.1, -0.05) is 30.4 Å². The number of amides is 2. The number of aryl methyl sites for hydroxylation is 1.